The summed E-state index contributed by atoms with van der Waals surface area (Å²) in [5.41, 5.74) is 3.32. The molecule has 2 aliphatic rings. The van der Waals surface area contributed by atoms with E-state index in [0.29, 0.717) is 11.8 Å². The Morgan fingerprint density at radius 3 is 2.52 bits per heavy atom. The summed E-state index contributed by atoms with van der Waals surface area (Å²) < 4.78 is 11.1. The van der Waals surface area contributed by atoms with Crippen molar-refractivity contribution in [3.63, 3.8) is 0 Å². The van der Waals surface area contributed by atoms with Gasteiger partial charge < -0.3 is 9.47 Å². The van der Waals surface area contributed by atoms with Crippen molar-refractivity contribution >= 4 is 5.97 Å². The van der Waals surface area contributed by atoms with Crippen LogP contribution >= 0.6 is 0 Å². The first kappa shape index (κ1) is 18.3. The predicted octanol–water partition coefficient (Wildman–Crippen LogP) is 5.00. The average Bonchev–Trinajstić information content (AvgIpc) is 2.58. The molecule has 0 saturated heterocycles. The molecular weight excluding hydrogens is 312 g/mol. The van der Waals surface area contributed by atoms with Gasteiger partial charge in [0.2, 0.25) is 0 Å². The molecule has 25 heavy (non-hydrogen) atoms. The largest absolute Gasteiger partial charge is 0.496 e. The van der Waals surface area contributed by atoms with Crippen LogP contribution in [0, 0.1) is 11.3 Å². The Morgan fingerprint density at radius 1 is 1.20 bits per heavy atom. The fourth-order valence-corrected chi connectivity index (χ4v) is 5.53. The topological polar surface area (TPSA) is 35.5 Å². The van der Waals surface area contributed by atoms with Crippen molar-refractivity contribution in [1.29, 1.82) is 0 Å². The van der Waals surface area contributed by atoms with Crippen LogP contribution in [0.1, 0.15) is 76.0 Å². The number of methoxy groups -OCH3 is 2. The van der Waals surface area contributed by atoms with Gasteiger partial charge in [-0.25, -0.2) is 0 Å². The Bertz CT molecular complexity index is 674. The van der Waals surface area contributed by atoms with Crippen LogP contribution in [0.4, 0.5) is 0 Å². The van der Waals surface area contributed by atoms with Crippen LogP contribution in [0.5, 0.6) is 5.75 Å². The molecular formula is C22H32O3. The second kappa shape index (κ2) is 6.34. The Morgan fingerprint density at radius 2 is 1.92 bits per heavy atom. The fraction of sp³-hybridized carbons (Fsp3) is 0.682. The number of fused-ring (bicyclic) bond motifs is 3. The summed E-state index contributed by atoms with van der Waals surface area (Å²) in [5, 5.41) is 0. The van der Waals surface area contributed by atoms with Crippen molar-refractivity contribution in [3.8, 4) is 5.75 Å². The maximum absolute atomic E-state index is 13.1. The van der Waals surface area contributed by atoms with E-state index < -0.39 is 5.41 Å². The number of hydrogen-bond donors (Lipinski definition) is 0. The lowest BCUT2D eigenvalue weighted by atomic mass is 9.49. The molecule has 0 spiro atoms. The van der Waals surface area contributed by atoms with Crippen LogP contribution in [-0.2, 0) is 21.4 Å². The number of carbonyl (C=O) groups excluding carboxylic acids is 1. The molecule has 0 aliphatic heterocycles. The molecule has 3 heteroatoms. The minimum Gasteiger partial charge on any atom is -0.496 e. The lowest BCUT2D eigenvalue weighted by Crippen LogP contribution is -2.54. The number of esters is 1. The first-order chi connectivity index (χ1) is 11.8. The Balaban J connectivity index is 2.25. The summed E-state index contributed by atoms with van der Waals surface area (Å²) in [5.74, 6) is 1.56. The van der Waals surface area contributed by atoms with Crippen LogP contribution in [0.3, 0.4) is 0 Å². The molecule has 0 bridgehead atoms. The number of rotatable bonds is 3. The maximum atomic E-state index is 13.1. The minimum absolute atomic E-state index is 0.0643. The number of benzene rings is 1. The van der Waals surface area contributed by atoms with Gasteiger partial charge in [-0.1, -0.05) is 40.2 Å². The summed E-state index contributed by atoms with van der Waals surface area (Å²) in [4.78, 5) is 13.1. The SMILES string of the molecule is COC(=O)[C@]12CCCC(C)(C)[C@H]1CCc1cc(C(C)C)c(OC)cc12. The second-order valence-electron chi connectivity index (χ2n) is 8.80. The zero-order valence-corrected chi connectivity index (χ0v) is 16.6. The Kier molecular flexibility index (Phi) is 4.63. The van der Waals surface area contributed by atoms with E-state index in [4.69, 9.17) is 9.47 Å². The lowest BCUT2D eigenvalue weighted by Gasteiger charge is -2.54. The van der Waals surface area contributed by atoms with E-state index >= 15 is 0 Å². The Labute approximate surface area is 152 Å². The molecule has 1 saturated carbocycles. The molecule has 0 aromatic heterocycles. The van der Waals surface area contributed by atoms with Crippen molar-refractivity contribution in [2.75, 3.05) is 14.2 Å². The zero-order chi connectivity index (χ0) is 18.4. The highest BCUT2D eigenvalue weighted by atomic mass is 16.5. The predicted molar refractivity (Wildman–Crippen MR) is 100 cm³/mol. The summed E-state index contributed by atoms with van der Waals surface area (Å²) >= 11 is 0. The van der Waals surface area contributed by atoms with Crippen LogP contribution in [0.2, 0.25) is 0 Å². The van der Waals surface area contributed by atoms with E-state index in [2.05, 4.69) is 39.8 Å². The number of aryl methyl sites for hydroxylation is 1. The minimum atomic E-state index is -0.521. The first-order valence-corrected chi connectivity index (χ1v) is 9.57. The van der Waals surface area contributed by atoms with Crippen molar-refractivity contribution in [1.82, 2.24) is 0 Å². The zero-order valence-electron chi connectivity index (χ0n) is 16.6. The van der Waals surface area contributed by atoms with E-state index in [9.17, 15) is 4.79 Å². The third kappa shape index (κ3) is 2.67. The highest BCUT2D eigenvalue weighted by Gasteiger charge is 2.57. The summed E-state index contributed by atoms with van der Waals surface area (Å²) in [6, 6.07) is 4.43. The summed E-state index contributed by atoms with van der Waals surface area (Å²) in [7, 11) is 3.26. The van der Waals surface area contributed by atoms with Gasteiger partial charge in [0.1, 0.15) is 5.75 Å². The molecule has 0 heterocycles. The van der Waals surface area contributed by atoms with Crippen molar-refractivity contribution < 1.29 is 14.3 Å². The molecule has 0 radical (unpaired) electrons. The monoisotopic (exact) mass is 344 g/mol. The van der Waals surface area contributed by atoms with E-state index in [1.807, 2.05) is 0 Å². The van der Waals surface area contributed by atoms with Crippen LogP contribution in [0.25, 0.3) is 0 Å². The molecule has 1 aromatic carbocycles. The molecule has 2 atom stereocenters. The maximum Gasteiger partial charge on any atom is 0.316 e. The smallest absolute Gasteiger partial charge is 0.316 e. The van der Waals surface area contributed by atoms with Gasteiger partial charge in [-0.05, 0) is 65.7 Å². The Hall–Kier alpha value is -1.51. The first-order valence-electron chi connectivity index (χ1n) is 9.57. The van der Waals surface area contributed by atoms with Gasteiger partial charge in [0.15, 0.2) is 0 Å². The van der Waals surface area contributed by atoms with E-state index in [1.165, 1.54) is 24.7 Å². The van der Waals surface area contributed by atoms with Crippen molar-refractivity contribution in [2.24, 2.45) is 11.3 Å². The quantitative estimate of drug-likeness (QED) is 0.724. The van der Waals surface area contributed by atoms with Crippen molar-refractivity contribution in [3.05, 3.63) is 28.8 Å². The van der Waals surface area contributed by atoms with Crippen molar-refractivity contribution in [2.45, 2.75) is 71.1 Å². The summed E-state index contributed by atoms with van der Waals surface area (Å²) in [6.07, 6.45) is 5.20. The van der Waals surface area contributed by atoms with Gasteiger partial charge >= 0.3 is 5.97 Å². The molecule has 3 nitrogen and oxygen atoms in total. The van der Waals surface area contributed by atoms with Crippen LogP contribution in [-0.4, -0.2) is 20.2 Å². The van der Waals surface area contributed by atoms with Gasteiger partial charge in [0.25, 0.3) is 0 Å². The molecule has 1 fully saturated rings. The number of ether oxygens (including phenoxy) is 2. The third-order valence-electron chi connectivity index (χ3n) is 6.74. The molecule has 0 amide bonds. The molecule has 0 unspecified atom stereocenters. The highest BCUT2D eigenvalue weighted by Crippen LogP contribution is 2.58. The van der Waals surface area contributed by atoms with Crippen LogP contribution < -0.4 is 4.74 Å². The van der Waals surface area contributed by atoms with E-state index in [-0.39, 0.29) is 11.4 Å². The van der Waals surface area contributed by atoms with Crippen LogP contribution in [0.15, 0.2) is 12.1 Å². The highest BCUT2D eigenvalue weighted by molar-refractivity contribution is 5.85. The average molecular weight is 344 g/mol. The van der Waals surface area contributed by atoms with Gasteiger partial charge in [-0.15, -0.1) is 0 Å². The van der Waals surface area contributed by atoms with Gasteiger partial charge in [0, 0.05) is 0 Å². The summed E-state index contributed by atoms with van der Waals surface area (Å²) in [6.45, 7) is 9.02. The molecule has 1 aromatic rings. The molecule has 0 N–H and O–H groups in total. The van der Waals surface area contributed by atoms with Gasteiger partial charge in [-0.2, -0.15) is 0 Å². The van der Waals surface area contributed by atoms with E-state index in [0.717, 1.165) is 37.0 Å². The van der Waals surface area contributed by atoms with Gasteiger partial charge in [-0.3, -0.25) is 4.79 Å². The van der Waals surface area contributed by atoms with E-state index in [1.54, 1.807) is 7.11 Å². The molecule has 138 valence electrons. The lowest BCUT2D eigenvalue weighted by molar-refractivity contribution is -0.156. The standard InChI is InChI=1S/C22H32O3/c1-14(2)16-12-15-8-9-19-21(3,4)10-7-11-22(19,20(23)25-6)17(15)13-18(16)24-5/h12-14,19H,7-11H2,1-6H3/t19-,22+/m1/s1. The number of hydrogen-bond acceptors (Lipinski definition) is 3. The molecule has 2 aliphatic carbocycles. The second-order valence-corrected chi connectivity index (χ2v) is 8.80. The fourth-order valence-electron chi connectivity index (χ4n) is 5.53. The normalized spacial score (nSPS) is 27.4. The molecule has 3 rings (SSSR count). The number of carbonyl (C=O) groups is 1. The van der Waals surface area contributed by atoms with Gasteiger partial charge in [0.05, 0.1) is 19.6 Å². The third-order valence-corrected chi connectivity index (χ3v) is 6.74.